The number of amides is 1. The Labute approximate surface area is 144 Å². The van der Waals surface area contributed by atoms with E-state index in [1.807, 2.05) is 51.1 Å². The lowest BCUT2D eigenvalue weighted by Gasteiger charge is -2.36. The second-order valence-electron chi connectivity index (χ2n) is 7.21. The van der Waals surface area contributed by atoms with Gasteiger partial charge in [0.25, 0.3) is 0 Å². The molecule has 2 rings (SSSR count). The number of piperidine rings is 1. The van der Waals surface area contributed by atoms with Crippen molar-refractivity contribution >= 4 is 6.09 Å². The van der Waals surface area contributed by atoms with E-state index in [-0.39, 0.29) is 18.3 Å². The number of hydrogen-bond acceptors (Lipinski definition) is 4. The average Bonchev–Trinajstić information content (AvgIpc) is 2.55. The van der Waals surface area contributed by atoms with Crippen molar-refractivity contribution in [3.63, 3.8) is 0 Å². The summed E-state index contributed by atoms with van der Waals surface area (Å²) in [7, 11) is 1.68. The fourth-order valence-electron chi connectivity index (χ4n) is 2.83. The van der Waals surface area contributed by atoms with Crippen LogP contribution in [0.4, 0.5) is 4.79 Å². The lowest BCUT2D eigenvalue weighted by atomic mass is 9.96. The van der Waals surface area contributed by atoms with Crippen LogP contribution in [0.25, 0.3) is 0 Å². The van der Waals surface area contributed by atoms with Gasteiger partial charge in [-0.05, 0) is 39.2 Å². The molecule has 24 heavy (non-hydrogen) atoms. The van der Waals surface area contributed by atoms with E-state index in [2.05, 4.69) is 0 Å². The molecule has 1 aromatic rings. The highest BCUT2D eigenvalue weighted by atomic mass is 16.7. The number of carbonyl (C=O) groups excluding carboxylic acids is 1. The van der Waals surface area contributed by atoms with Crippen LogP contribution in [0.2, 0.25) is 0 Å². The first-order valence-corrected chi connectivity index (χ1v) is 8.55. The highest BCUT2D eigenvalue weighted by molar-refractivity contribution is 5.68. The first-order chi connectivity index (χ1) is 11.4. The largest absolute Gasteiger partial charge is 0.444 e. The van der Waals surface area contributed by atoms with Crippen LogP contribution in [-0.2, 0) is 20.8 Å². The Morgan fingerprint density at radius 3 is 2.38 bits per heavy atom. The van der Waals surface area contributed by atoms with E-state index >= 15 is 0 Å². The van der Waals surface area contributed by atoms with E-state index in [0.29, 0.717) is 19.7 Å². The minimum atomic E-state index is -0.457. The zero-order valence-electron chi connectivity index (χ0n) is 15.2. The van der Waals surface area contributed by atoms with Gasteiger partial charge in [0.2, 0.25) is 0 Å². The van der Waals surface area contributed by atoms with Gasteiger partial charge in [-0.1, -0.05) is 30.3 Å². The summed E-state index contributed by atoms with van der Waals surface area (Å²) in [5, 5.41) is 0. The van der Waals surface area contributed by atoms with Crippen LogP contribution in [0.15, 0.2) is 30.3 Å². The van der Waals surface area contributed by atoms with Crippen LogP contribution in [0.1, 0.15) is 39.2 Å². The molecule has 0 saturated carbocycles. The molecule has 134 valence electrons. The lowest BCUT2D eigenvalue weighted by Crippen LogP contribution is -2.44. The molecule has 1 aliphatic rings. The average molecular weight is 335 g/mol. The minimum Gasteiger partial charge on any atom is -0.444 e. The highest BCUT2D eigenvalue weighted by Gasteiger charge is 2.31. The number of rotatable bonds is 5. The molecule has 5 heteroatoms. The molecule has 5 nitrogen and oxygen atoms in total. The molecule has 0 bridgehead atoms. The maximum Gasteiger partial charge on any atom is 0.410 e. The fraction of sp³-hybridized carbons (Fsp3) is 0.632. The van der Waals surface area contributed by atoms with Crippen LogP contribution >= 0.6 is 0 Å². The molecular formula is C19H29NO4. The summed E-state index contributed by atoms with van der Waals surface area (Å²) in [4.78, 5) is 13.9. The molecule has 0 N–H and O–H groups in total. The SMILES string of the molecule is COC(OCc1ccccc1)C1CCN(C(=O)OC(C)(C)C)CC1. The summed E-state index contributed by atoms with van der Waals surface area (Å²) in [6.07, 6.45) is 1.23. The van der Waals surface area contributed by atoms with E-state index in [1.165, 1.54) is 0 Å². The number of nitrogens with zero attached hydrogens (tertiary/aromatic N) is 1. The smallest absolute Gasteiger partial charge is 0.410 e. The number of benzene rings is 1. The van der Waals surface area contributed by atoms with Crippen molar-refractivity contribution in [2.75, 3.05) is 20.2 Å². The standard InChI is InChI=1S/C19H29NO4/c1-19(2,3)24-18(21)20-12-10-16(11-13-20)17(22-4)23-14-15-8-6-5-7-9-15/h5-9,16-17H,10-14H2,1-4H3. The molecular weight excluding hydrogens is 306 g/mol. The van der Waals surface area contributed by atoms with Crippen molar-refractivity contribution in [1.29, 1.82) is 0 Å². The van der Waals surface area contributed by atoms with Crippen LogP contribution in [-0.4, -0.2) is 43.1 Å². The summed E-state index contributed by atoms with van der Waals surface area (Å²) < 4.78 is 16.9. The molecule has 1 aromatic carbocycles. The number of methoxy groups -OCH3 is 1. The van der Waals surface area contributed by atoms with Gasteiger partial charge in [-0.3, -0.25) is 0 Å². The predicted octanol–water partition coefficient (Wildman–Crippen LogP) is 3.82. The minimum absolute atomic E-state index is 0.236. The first kappa shape index (κ1) is 18.7. The summed E-state index contributed by atoms with van der Waals surface area (Å²) in [6.45, 7) is 7.54. The Balaban J connectivity index is 1.80. The van der Waals surface area contributed by atoms with Crippen molar-refractivity contribution in [2.24, 2.45) is 5.92 Å². The van der Waals surface area contributed by atoms with E-state index in [0.717, 1.165) is 18.4 Å². The fourth-order valence-corrected chi connectivity index (χ4v) is 2.83. The maximum absolute atomic E-state index is 12.1. The second-order valence-corrected chi connectivity index (χ2v) is 7.21. The third-order valence-electron chi connectivity index (χ3n) is 4.07. The molecule has 0 spiro atoms. The lowest BCUT2D eigenvalue weighted by molar-refractivity contribution is -0.170. The van der Waals surface area contributed by atoms with Crippen molar-refractivity contribution < 1.29 is 19.0 Å². The molecule has 1 aliphatic heterocycles. The van der Waals surface area contributed by atoms with Gasteiger partial charge in [0.05, 0.1) is 6.61 Å². The Hall–Kier alpha value is -1.59. The van der Waals surface area contributed by atoms with E-state index in [4.69, 9.17) is 14.2 Å². The van der Waals surface area contributed by atoms with Gasteiger partial charge in [0, 0.05) is 26.1 Å². The van der Waals surface area contributed by atoms with Crippen LogP contribution < -0.4 is 0 Å². The Bertz CT molecular complexity index is 504. The second kappa shape index (κ2) is 8.49. The summed E-state index contributed by atoms with van der Waals surface area (Å²) >= 11 is 0. The molecule has 0 radical (unpaired) electrons. The van der Waals surface area contributed by atoms with E-state index in [9.17, 15) is 4.79 Å². The van der Waals surface area contributed by atoms with Crippen molar-refractivity contribution in [3.8, 4) is 0 Å². The molecule has 1 unspecified atom stereocenters. The molecule has 1 amide bonds. The first-order valence-electron chi connectivity index (χ1n) is 8.55. The predicted molar refractivity (Wildman–Crippen MR) is 92.6 cm³/mol. The number of ether oxygens (including phenoxy) is 3. The molecule has 0 aromatic heterocycles. The zero-order valence-corrected chi connectivity index (χ0v) is 15.2. The normalized spacial score (nSPS) is 17.6. The van der Waals surface area contributed by atoms with Crippen LogP contribution in [0.5, 0.6) is 0 Å². The van der Waals surface area contributed by atoms with Crippen LogP contribution in [0.3, 0.4) is 0 Å². The van der Waals surface area contributed by atoms with Crippen LogP contribution in [0, 0.1) is 5.92 Å². The topological polar surface area (TPSA) is 48.0 Å². The third kappa shape index (κ3) is 5.80. The van der Waals surface area contributed by atoms with Crippen molar-refractivity contribution in [3.05, 3.63) is 35.9 Å². The quantitative estimate of drug-likeness (QED) is 0.768. The molecule has 1 atom stereocenters. The molecule has 1 fully saturated rings. The third-order valence-corrected chi connectivity index (χ3v) is 4.07. The van der Waals surface area contributed by atoms with Gasteiger partial charge >= 0.3 is 6.09 Å². The van der Waals surface area contributed by atoms with E-state index in [1.54, 1.807) is 12.0 Å². The van der Waals surface area contributed by atoms with Gasteiger partial charge in [-0.15, -0.1) is 0 Å². The van der Waals surface area contributed by atoms with Crippen molar-refractivity contribution in [1.82, 2.24) is 4.90 Å². The van der Waals surface area contributed by atoms with Gasteiger partial charge in [-0.25, -0.2) is 4.79 Å². The molecule has 0 aliphatic carbocycles. The maximum atomic E-state index is 12.1. The number of carbonyl (C=O) groups is 1. The number of hydrogen-bond donors (Lipinski definition) is 0. The zero-order chi connectivity index (χ0) is 17.6. The Morgan fingerprint density at radius 2 is 1.83 bits per heavy atom. The van der Waals surface area contributed by atoms with Gasteiger partial charge in [-0.2, -0.15) is 0 Å². The Morgan fingerprint density at radius 1 is 1.21 bits per heavy atom. The highest BCUT2D eigenvalue weighted by Crippen LogP contribution is 2.25. The van der Waals surface area contributed by atoms with Gasteiger partial charge in [0.15, 0.2) is 6.29 Å². The number of likely N-dealkylation sites (tertiary alicyclic amines) is 1. The summed E-state index contributed by atoms with van der Waals surface area (Å²) in [5.74, 6) is 0.289. The van der Waals surface area contributed by atoms with Gasteiger partial charge < -0.3 is 19.1 Å². The molecule has 1 heterocycles. The Kier molecular flexibility index (Phi) is 6.63. The van der Waals surface area contributed by atoms with Crippen molar-refractivity contribution in [2.45, 2.75) is 52.1 Å². The monoisotopic (exact) mass is 335 g/mol. The van der Waals surface area contributed by atoms with E-state index < -0.39 is 5.60 Å². The summed E-state index contributed by atoms with van der Waals surface area (Å²) in [5.41, 5.74) is 0.674. The molecule has 1 saturated heterocycles. The van der Waals surface area contributed by atoms with Gasteiger partial charge in [0.1, 0.15) is 5.60 Å². The summed E-state index contributed by atoms with van der Waals surface area (Å²) in [6, 6.07) is 10.1.